The third-order valence-corrected chi connectivity index (χ3v) is 7.17. The maximum absolute atomic E-state index is 13.7. The van der Waals surface area contributed by atoms with Gasteiger partial charge in [0, 0.05) is 47.2 Å². The van der Waals surface area contributed by atoms with E-state index in [2.05, 4.69) is 16.6 Å². The first-order valence-corrected chi connectivity index (χ1v) is 12.0. The molecule has 0 aliphatic heterocycles. The van der Waals surface area contributed by atoms with E-state index in [1.807, 2.05) is 43.6 Å². The van der Waals surface area contributed by atoms with Crippen molar-refractivity contribution in [1.82, 2.24) is 14.3 Å². The summed E-state index contributed by atoms with van der Waals surface area (Å²) < 4.78 is 23.0. The normalized spacial score (nSPS) is 15.9. The van der Waals surface area contributed by atoms with E-state index in [1.54, 1.807) is 29.2 Å². The van der Waals surface area contributed by atoms with E-state index in [1.165, 1.54) is 4.57 Å². The summed E-state index contributed by atoms with van der Waals surface area (Å²) in [5.41, 5.74) is 17.1. The molecule has 6 nitrogen and oxygen atoms in total. The van der Waals surface area contributed by atoms with Gasteiger partial charge < -0.3 is 14.7 Å². The molecule has 0 saturated heterocycles. The van der Waals surface area contributed by atoms with Crippen LogP contribution in [0.5, 0.6) is 0 Å². The molecule has 1 aromatic carbocycles. The zero-order valence-corrected chi connectivity index (χ0v) is 19.9. The van der Waals surface area contributed by atoms with Crippen molar-refractivity contribution in [2.24, 2.45) is 12.8 Å². The van der Waals surface area contributed by atoms with Crippen molar-refractivity contribution in [3.05, 3.63) is 94.0 Å². The number of fused-ring (bicyclic) bond motifs is 1. The summed E-state index contributed by atoms with van der Waals surface area (Å²) in [6.07, 6.45) is 13.7. The Morgan fingerprint density at radius 2 is 1.97 bits per heavy atom. The van der Waals surface area contributed by atoms with Crippen LogP contribution in [-0.2, 0) is 19.1 Å². The van der Waals surface area contributed by atoms with Gasteiger partial charge in [-0.25, -0.2) is 4.39 Å². The van der Waals surface area contributed by atoms with Crippen molar-refractivity contribution in [3.8, 4) is 22.5 Å². The number of allylic oxidation sites excluding steroid dienone is 4. The van der Waals surface area contributed by atoms with E-state index in [0.717, 1.165) is 41.5 Å². The number of halogens is 1. The van der Waals surface area contributed by atoms with Crippen LogP contribution in [-0.4, -0.2) is 21.0 Å². The van der Waals surface area contributed by atoms with Crippen LogP contribution in [0.2, 0.25) is 0 Å². The molecule has 1 fully saturated rings. The molecule has 0 radical (unpaired) electrons. The van der Waals surface area contributed by atoms with Crippen LogP contribution in [0.25, 0.3) is 39.0 Å². The first-order chi connectivity index (χ1) is 17.5. The number of furan rings is 1. The molecule has 3 heterocycles. The van der Waals surface area contributed by atoms with E-state index < -0.39 is 6.67 Å². The van der Waals surface area contributed by atoms with Crippen LogP contribution < -0.4 is 11.3 Å². The zero-order chi connectivity index (χ0) is 24.9. The second-order valence-electron chi connectivity index (χ2n) is 9.45. The second-order valence-corrected chi connectivity index (χ2v) is 9.45. The third-order valence-electron chi connectivity index (χ3n) is 7.17. The number of rotatable bonds is 6. The average Bonchev–Trinajstić information content (AvgIpc) is 3.49. The first kappa shape index (κ1) is 22.3. The molecule has 1 saturated carbocycles. The van der Waals surface area contributed by atoms with Crippen molar-refractivity contribution in [2.45, 2.75) is 31.3 Å². The Hall–Kier alpha value is -4.15. The van der Waals surface area contributed by atoms with Crippen LogP contribution in [0.1, 0.15) is 30.4 Å². The predicted octanol–water partition coefficient (Wildman–Crippen LogP) is 5.23. The minimum absolute atomic E-state index is 0.0516. The summed E-state index contributed by atoms with van der Waals surface area (Å²) >= 11 is 0. The summed E-state index contributed by atoms with van der Waals surface area (Å²) in [7, 11) is 1.82. The fraction of sp³-hybridized carbons (Fsp3) is 0.241. The number of nitrogens with zero attached hydrogens (tertiary/aromatic N) is 3. The van der Waals surface area contributed by atoms with Gasteiger partial charge >= 0.3 is 0 Å². The average molecular weight is 481 g/mol. The molecule has 3 aromatic heterocycles. The molecule has 2 aliphatic rings. The Morgan fingerprint density at radius 1 is 1.17 bits per heavy atom. The molecule has 0 unspecified atom stereocenters. The highest BCUT2D eigenvalue weighted by molar-refractivity contribution is 6.04. The van der Waals surface area contributed by atoms with Gasteiger partial charge in [0.2, 0.25) is 0 Å². The highest BCUT2D eigenvalue weighted by Crippen LogP contribution is 2.43. The number of hydrogen-bond acceptors (Lipinski definition) is 4. The zero-order valence-electron chi connectivity index (χ0n) is 19.9. The van der Waals surface area contributed by atoms with Gasteiger partial charge in [0.15, 0.2) is 0 Å². The molecule has 0 spiro atoms. The summed E-state index contributed by atoms with van der Waals surface area (Å²) in [5, 5.41) is 4.68. The predicted molar refractivity (Wildman–Crippen MR) is 138 cm³/mol. The summed E-state index contributed by atoms with van der Waals surface area (Å²) in [4.78, 5) is 13.7. The number of hydrogen-bond donors (Lipinski definition) is 1. The van der Waals surface area contributed by atoms with E-state index in [4.69, 9.17) is 10.2 Å². The van der Waals surface area contributed by atoms with E-state index in [9.17, 15) is 9.18 Å². The van der Waals surface area contributed by atoms with E-state index >= 15 is 0 Å². The lowest BCUT2D eigenvalue weighted by atomic mass is 9.72. The van der Waals surface area contributed by atoms with Crippen LogP contribution in [0.4, 0.5) is 4.39 Å². The van der Waals surface area contributed by atoms with Gasteiger partial charge in [0.05, 0.1) is 18.1 Å². The fourth-order valence-electron chi connectivity index (χ4n) is 5.05. The highest BCUT2D eigenvalue weighted by Gasteiger charge is 2.34. The molecular weight excluding hydrogens is 455 g/mol. The van der Waals surface area contributed by atoms with Gasteiger partial charge in [-0.1, -0.05) is 35.7 Å². The minimum atomic E-state index is -0.658. The number of benzene rings is 1. The van der Waals surface area contributed by atoms with Crippen LogP contribution in [0.3, 0.4) is 0 Å². The SMILES string of the molecule is Cn1cc(-c2cn(CCF)c(=O)c3c(C4=CC=C=C=C4)c(-c4ccc(C5(N)CCC5)cc4)oc23)cn1. The van der Waals surface area contributed by atoms with Gasteiger partial charge in [-0.05, 0) is 48.6 Å². The molecule has 7 heteroatoms. The standard InChI is InChI=1S/C29H25FN4O2/c1-33-17-21(16-32-33)23-18-34(15-14-30)28(35)25-24(19-6-3-2-4-7-19)26(36-27(23)25)20-8-10-22(11-9-20)29(31)12-5-13-29/h3,6-11,16-18H,5,12-15,31H2,1H3. The lowest BCUT2D eigenvalue weighted by Gasteiger charge is -2.38. The van der Waals surface area contributed by atoms with Crippen molar-refractivity contribution in [1.29, 1.82) is 0 Å². The first-order valence-electron chi connectivity index (χ1n) is 12.0. The molecule has 4 aromatic rings. The lowest BCUT2D eigenvalue weighted by Crippen LogP contribution is -2.43. The van der Waals surface area contributed by atoms with Crippen molar-refractivity contribution < 1.29 is 8.81 Å². The fourth-order valence-corrected chi connectivity index (χ4v) is 5.05. The number of alkyl halides is 1. The molecule has 0 atom stereocenters. The quantitative estimate of drug-likeness (QED) is 0.383. The Morgan fingerprint density at radius 3 is 2.58 bits per heavy atom. The molecule has 2 N–H and O–H groups in total. The Bertz CT molecular complexity index is 1680. The van der Waals surface area contributed by atoms with Gasteiger partial charge in [0.25, 0.3) is 5.56 Å². The Balaban J connectivity index is 1.64. The van der Waals surface area contributed by atoms with Crippen molar-refractivity contribution >= 4 is 16.5 Å². The van der Waals surface area contributed by atoms with Crippen LogP contribution >= 0.6 is 0 Å². The van der Waals surface area contributed by atoms with E-state index in [-0.39, 0.29) is 17.6 Å². The molecule has 6 rings (SSSR count). The summed E-state index contributed by atoms with van der Waals surface area (Å²) in [5.74, 6) is 0.566. The second kappa shape index (κ2) is 8.51. The van der Waals surface area contributed by atoms with Crippen LogP contribution in [0, 0.1) is 0 Å². The Kier molecular flexibility index (Phi) is 5.27. The number of aromatic nitrogens is 3. The molecular formula is C29H25FN4O2. The van der Waals surface area contributed by atoms with Gasteiger partial charge in [-0.2, -0.15) is 5.10 Å². The molecule has 0 bridgehead atoms. The maximum Gasteiger partial charge on any atom is 0.262 e. The smallest absolute Gasteiger partial charge is 0.262 e. The third kappa shape index (κ3) is 3.53. The van der Waals surface area contributed by atoms with Gasteiger partial charge in [0.1, 0.15) is 18.0 Å². The topological polar surface area (TPSA) is 79.0 Å². The molecule has 0 amide bonds. The minimum Gasteiger partial charge on any atom is -0.454 e. The number of pyridine rings is 1. The van der Waals surface area contributed by atoms with Crippen molar-refractivity contribution in [3.63, 3.8) is 0 Å². The summed E-state index contributed by atoms with van der Waals surface area (Å²) in [6, 6.07) is 8.07. The maximum atomic E-state index is 13.7. The highest BCUT2D eigenvalue weighted by atomic mass is 19.1. The molecule has 36 heavy (non-hydrogen) atoms. The van der Waals surface area contributed by atoms with Gasteiger partial charge in [-0.15, -0.1) is 0 Å². The number of aryl methyl sites for hydroxylation is 2. The monoisotopic (exact) mass is 480 g/mol. The molecule has 2 aliphatic carbocycles. The lowest BCUT2D eigenvalue weighted by molar-refractivity contribution is 0.253. The van der Waals surface area contributed by atoms with E-state index in [0.29, 0.717) is 27.9 Å². The molecule has 180 valence electrons. The van der Waals surface area contributed by atoms with Gasteiger partial charge in [-0.3, -0.25) is 9.48 Å². The summed E-state index contributed by atoms with van der Waals surface area (Å²) in [6.45, 7) is -0.710. The Labute approximate surface area is 207 Å². The van der Waals surface area contributed by atoms with Crippen molar-refractivity contribution in [2.75, 3.05) is 6.67 Å². The van der Waals surface area contributed by atoms with Crippen LogP contribution in [0.15, 0.2) is 81.8 Å². The largest absolute Gasteiger partial charge is 0.454 e. The number of nitrogens with two attached hydrogens (primary N) is 1.